The maximum Gasteiger partial charge on any atom is 0.344 e. The SMILES string of the molecule is O=C(C(Sc1n[nH]c(=O)n1C1CC1)c1ccccc1)N1CCCCC1. The average molecular weight is 358 g/mol. The number of piperidine rings is 1. The summed E-state index contributed by atoms with van der Waals surface area (Å²) in [5.41, 5.74) is 0.781. The fourth-order valence-corrected chi connectivity index (χ4v) is 4.50. The number of amides is 1. The molecule has 0 radical (unpaired) electrons. The predicted molar refractivity (Wildman–Crippen MR) is 96.6 cm³/mol. The van der Waals surface area contributed by atoms with Crippen LogP contribution in [0.15, 0.2) is 40.3 Å². The quantitative estimate of drug-likeness (QED) is 0.835. The van der Waals surface area contributed by atoms with Crippen LogP contribution in [-0.4, -0.2) is 38.7 Å². The monoisotopic (exact) mass is 358 g/mol. The molecule has 4 rings (SSSR count). The molecule has 1 aliphatic carbocycles. The Hall–Kier alpha value is -2.02. The zero-order chi connectivity index (χ0) is 17.2. The largest absolute Gasteiger partial charge is 0.344 e. The number of hydrogen-bond donors (Lipinski definition) is 1. The number of rotatable bonds is 5. The van der Waals surface area contributed by atoms with E-state index in [-0.39, 0.29) is 22.9 Å². The van der Waals surface area contributed by atoms with Crippen molar-refractivity contribution >= 4 is 17.7 Å². The summed E-state index contributed by atoms with van der Waals surface area (Å²) < 4.78 is 1.71. The molecule has 2 fully saturated rings. The van der Waals surface area contributed by atoms with Gasteiger partial charge >= 0.3 is 5.69 Å². The highest BCUT2D eigenvalue weighted by molar-refractivity contribution is 8.00. The van der Waals surface area contributed by atoms with E-state index in [4.69, 9.17) is 0 Å². The number of likely N-dealkylation sites (tertiary alicyclic amines) is 1. The molecule has 1 N–H and O–H groups in total. The standard InChI is InChI=1S/C18H22N4O2S/c23-16(21-11-5-2-6-12-21)15(13-7-3-1-4-8-13)25-18-20-19-17(24)22(18)14-9-10-14/h1,3-4,7-8,14-15H,2,5-6,9-12H2,(H,19,24). The molecule has 2 aromatic rings. The van der Waals surface area contributed by atoms with E-state index >= 15 is 0 Å². The highest BCUT2D eigenvalue weighted by Gasteiger charge is 2.33. The van der Waals surface area contributed by atoms with Crippen LogP contribution < -0.4 is 5.69 Å². The van der Waals surface area contributed by atoms with E-state index in [1.165, 1.54) is 18.2 Å². The van der Waals surface area contributed by atoms with Crippen molar-refractivity contribution < 1.29 is 4.79 Å². The van der Waals surface area contributed by atoms with E-state index in [1.54, 1.807) is 4.57 Å². The van der Waals surface area contributed by atoms with Crippen molar-refractivity contribution in [2.24, 2.45) is 0 Å². The van der Waals surface area contributed by atoms with Crippen molar-refractivity contribution in [1.82, 2.24) is 19.7 Å². The number of nitrogens with one attached hydrogen (secondary N) is 1. The van der Waals surface area contributed by atoms with Crippen molar-refractivity contribution in [3.8, 4) is 0 Å². The van der Waals surface area contributed by atoms with Gasteiger partial charge < -0.3 is 4.90 Å². The number of carbonyl (C=O) groups excluding carboxylic acids is 1. The lowest BCUT2D eigenvalue weighted by molar-refractivity contribution is -0.131. The highest BCUT2D eigenvalue weighted by atomic mass is 32.2. The molecule has 1 saturated carbocycles. The maximum absolute atomic E-state index is 13.2. The minimum atomic E-state index is -0.369. The van der Waals surface area contributed by atoms with E-state index in [0.29, 0.717) is 5.16 Å². The number of thioether (sulfide) groups is 1. The third kappa shape index (κ3) is 3.51. The molecule has 6 nitrogen and oxygen atoms in total. The first-order chi connectivity index (χ1) is 12.2. The first-order valence-electron chi connectivity index (χ1n) is 8.91. The van der Waals surface area contributed by atoms with Gasteiger partial charge in [-0.25, -0.2) is 9.89 Å². The number of carbonyl (C=O) groups is 1. The smallest absolute Gasteiger partial charge is 0.341 e. The van der Waals surface area contributed by atoms with Crippen molar-refractivity contribution in [2.45, 2.75) is 48.6 Å². The lowest BCUT2D eigenvalue weighted by Crippen LogP contribution is -2.38. The Morgan fingerprint density at radius 1 is 1.16 bits per heavy atom. The van der Waals surface area contributed by atoms with Gasteiger partial charge in [0.15, 0.2) is 5.16 Å². The summed E-state index contributed by atoms with van der Waals surface area (Å²) >= 11 is 1.39. The number of aromatic amines is 1. The van der Waals surface area contributed by atoms with Crippen LogP contribution in [0.3, 0.4) is 0 Å². The van der Waals surface area contributed by atoms with Crippen LogP contribution in [0.4, 0.5) is 0 Å². The van der Waals surface area contributed by atoms with E-state index in [2.05, 4.69) is 10.2 Å². The van der Waals surface area contributed by atoms with Gasteiger partial charge in [-0.3, -0.25) is 9.36 Å². The summed E-state index contributed by atoms with van der Waals surface area (Å²) in [5, 5.41) is 6.98. The lowest BCUT2D eigenvalue weighted by atomic mass is 10.1. The van der Waals surface area contributed by atoms with Crippen LogP contribution in [0.25, 0.3) is 0 Å². The first kappa shape index (κ1) is 16.4. The normalized spacial score (nSPS) is 19.0. The Labute approximate surface area is 150 Å². The zero-order valence-corrected chi connectivity index (χ0v) is 14.9. The summed E-state index contributed by atoms with van der Waals surface area (Å²) in [5.74, 6) is 0.119. The molecule has 2 aliphatic rings. The van der Waals surface area contributed by atoms with Crippen molar-refractivity contribution in [3.05, 3.63) is 46.4 Å². The summed E-state index contributed by atoms with van der Waals surface area (Å²) in [6.45, 7) is 1.64. The Kier molecular flexibility index (Phi) is 4.65. The molecule has 25 heavy (non-hydrogen) atoms. The fourth-order valence-electron chi connectivity index (χ4n) is 3.30. The topological polar surface area (TPSA) is 71.0 Å². The van der Waals surface area contributed by atoms with Gasteiger partial charge in [-0.05, 0) is 37.7 Å². The molecule has 1 atom stereocenters. The molecular formula is C18H22N4O2S. The van der Waals surface area contributed by atoms with Gasteiger partial charge in [0.05, 0.1) is 0 Å². The number of H-pyrrole nitrogens is 1. The van der Waals surface area contributed by atoms with Gasteiger partial charge in [0, 0.05) is 19.1 Å². The van der Waals surface area contributed by atoms with Crippen LogP contribution in [0.1, 0.15) is 49.0 Å². The molecule has 1 unspecified atom stereocenters. The Morgan fingerprint density at radius 2 is 1.88 bits per heavy atom. The molecule has 1 aromatic heterocycles. The molecule has 0 spiro atoms. The molecule has 2 heterocycles. The molecule has 1 saturated heterocycles. The molecule has 132 valence electrons. The summed E-state index contributed by atoms with van der Waals surface area (Å²) in [4.78, 5) is 27.2. The summed E-state index contributed by atoms with van der Waals surface area (Å²) in [7, 11) is 0. The van der Waals surface area contributed by atoms with Crippen molar-refractivity contribution in [3.63, 3.8) is 0 Å². The van der Waals surface area contributed by atoms with Crippen LogP contribution in [0.5, 0.6) is 0 Å². The van der Waals surface area contributed by atoms with Crippen LogP contribution in [0.2, 0.25) is 0 Å². The van der Waals surface area contributed by atoms with E-state index in [1.807, 2.05) is 35.2 Å². The average Bonchev–Trinajstić information content (AvgIpc) is 3.43. The maximum atomic E-state index is 13.2. The number of hydrogen-bond acceptors (Lipinski definition) is 4. The second-order valence-electron chi connectivity index (χ2n) is 6.71. The molecule has 1 amide bonds. The number of benzene rings is 1. The fraction of sp³-hybridized carbons (Fsp3) is 0.500. The van der Waals surface area contributed by atoms with Gasteiger partial charge in [0.1, 0.15) is 5.25 Å². The Bertz CT molecular complexity index is 791. The summed E-state index contributed by atoms with van der Waals surface area (Å²) in [6.07, 6.45) is 5.32. The second kappa shape index (κ2) is 7.07. The van der Waals surface area contributed by atoms with Gasteiger partial charge in [0.25, 0.3) is 0 Å². The Balaban J connectivity index is 1.64. The Morgan fingerprint density at radius 3 is 2.56 bits per heavy atom. The minimum Gasteiger partial charge on any atom is -0.341 e. The van der Waals surface area contributed by atoms with Crippen LogP contribution >= 0.6 is 11.8 Å². The molecule has 1 aliphatic heterocycles. The van der Waals surface area contributed by atoms with Crippen LogP contribution in [0, 0.1) is 0 Å². The molecule has 7 heteroatoms. The van der Waals surface area contributed by atoms with Crippen molar-refractivity contribution in [1.29, 1.82) is 0 Å². The van der Waals surface area contributed by atoms with Gasteiger partial charge in [-0.15, -0.1) is 5.10 Å². The van der Waals surface area contributed by atoms with Gasteiger partial charge in [-0.2, -0.15) is 0 Å². The number of aromatic nitrogens is 3. The third-order valence-electron chi connectivity index (χ3n) is 4.80. The highest BCUT2D eigenvalue weighted by Crippen LogP contribution is 2.41. The van der Waals surface area contributed by atoms with Gasteiger partial charge in [0.2, 0.25) is 5.91 Å². The van der Waals surface area contributed by atoms with Crippen LogP contribution in [-0.2, 0) is 4.79 Å². The van der Waals surface area contributed by atoms with E-state index in [9.17, 15) is 9.59 Å². The zero-order valence-electron chi connectivity index (χ0n) is 14.1. The summed E-state index contributed by atoms with van der Waals surface area (Å²) in [6, 6.07) is 10.0. The second-order valence-corrected chi connectivity index (χ2v) is 7.78. The van der Waals surface area contributed by atoms with E-state index in [0.717, 1.165) is 44.3 Å². The predicted octanol–water partition coefficient (Wildman–Crippen LogP) is 2.75. The lowest BCUT2D eigenvalue weighted by Gasteiger charge is -2.30. The van der Waals surface area contributed by atoms with Crippen molar-refractivity contribution in [2.75, 3.05) is 13.1 Å². The number of nitrogens with zero attached hydrogens (tertiary/aromatic N) is 3. The minimum absolute atomic E-state index is 0.119. The third-order valence-corrected chi connectivity index (χ3v) is 6.01. The first-order valence-corrected chi connectivity index (χ1v) is 9.79. The molecule has 1 aromatic carbocycles. The molecule has 0 bridgehead atoms. The molecular weight excluding hydrogens is 336 g/mol. The van der Waals surface area contributed by atoms with E-state index < -0.39 is 0 Å². The van der Waals surface area contributed by atoms with Gasteiger partial charge in [-0.1, -0.05) is 42.1 Å².